The predicted molar refractivity (Wildman–Crippen MR) is 115 cm³/mol. The number of nitrogens with one attached hydrogen (secondary N) is 2. The molecule has 3 heterocycles. The predicted octanol–water partition coefficient (Wildman–Crippen LogP) is 4.86. The van der Waals surface area contributed by atoms with Crippen molar-refractivity contribution in [1.29, 1.82) is 0 Å². The van der Waals surface area contributed by atoms with Gasteiger partial charge >= 0.3 is 6.18 Å². The van der Waals surface area contributed by atoms with Gasteiger partial charge in [-0.15, -0.1) is 0 Å². The number of pyridine rings is 1. The maximum absolute atomic E-state index is 13.9. The lowest BCUT2D eigenvalue weighted by atomic mass is 9.96. The number of aromatic nitrogens is 3. The number of nitrogens with zero attached hydrogens (tertiary/aromatic N) is 3. The maximum Gasteiger partial charge on any atom is 0.410 e. The molecule has 2 aromatic heterocycles. The molecule has 8 nitrogen and oxygen atoms in total. The van der Waals surface area contributed by atoms with Crippen molar-refractivity contribution in [3.05, 3.63) is 59.0 Å². The number of carbonyl (C=O) groups excluding carboxylic acids is 1. The normalized spacial score (nSPS) is 17.6. The van der Waals surface area contributed by atoms with E-state index in [0.717, 1.165) is 4.68 Å². The number of rotatable bonds is 5. The van der Waals surface area contributed by atoms with Gasteiger partial charge in [0.2, 0.25) is 0 Å². The molecule has 1 aromatic carbocycles. The van der Waals surface area contributed by atoms with E-state index < -0.39 is 24.2 Å². The molecule has 2 atom stereocenters. The molecule has 0 saturated carbocycles. The third-order valence-electron chi connectivity index (χ3n) is 5.24. The maximum atomic E-state index is 13.9. The van der Waals surface area contributed by atoms with E-state index in [1.165, 1.54) is 32.5 Å². The van der Waals surface area contributed by atoms with Gasteiger partial charge in [0.15, 0.2) is 28.4 Å². The number of carbonyl (C=O) groups is 1. The van der Waals surface area contributed by atoms with Crippen LogP contribution in [0.3, 0.4) is 0 Å². The zero-order valence-electron chi connectivity index (χ0n) is 17.5. The molecule has 0 radical (unpaired) electrons. The fourth-order valence-electron chi connectivity index (χ4n) is 3.64. The van der Waals surface area contributed by atoms with Crippen LogP contribution in [-0.2, 0) is 0 Å². The molecular weight excluding hydrogens is 463 g/mol. The molecule has 0 fully saturated rings. The number of ether oxygens (including phenoxy) is 2. The van der Waals surface area contributed by atoms with Gasteiger partial charge in [-0.25, -0.2) is 9.67 Å². The Labute approximate surface area is 191 Å². The summed E-state index contributed by atoms with van der Waals surface area (Å²) in [7, 11) is 2.92. The summed E-state index contributed by atoms with van der Waals surface area (Å²) in [5.41, 5.74) is 0.598. The highest BCUT2D eigenvalue weighted by Gasteiger charge is 2.47. The van der Waals surface area contributed by atoms with Crippen molar-refractivity contribution in [2.75, 3.05) is 24.9 Å². The van der Waals surface area contributed by atoms with Crippen LogP contribution >= 0.6 is 11.6 Å². The number of amides is 1. The first kappa shape index (κ1) is 22.7. The standard InChI is InChI=1S/C21H19ClF3N5O3/c1-32-15-6-5-11(8-16(15)33-2)13-9-17(21(23,24)25)30-18(27-13)10-14(29-30)20(31)28-12-4-3-7-26-19(12)22/h3-8,10,13,17,27H,9H2,1-2H3,(H,28,31)/t13-,17+/m0/s1. The summed E-state index contributed by atoms with van der Waals surface area (Å²) in [5.74, 6) is 0.207. The highest BCUT2D eigenvalue weighted by atomic mass is 35.5. The number of alkyl halides is 3. The molecule has 0 spiro atoms. The minimum Gasteiger partial charge on any atom is -0.493 e. The highest BCUT2D eigenvalue weighted by Crippen LogP contribution is 2.44. The largest absolute Gasteiger partial charge is 0.493 e. The van der Waals surface area contributed by atoms with Crippen molar-refractivity contribution in [3.8, 4) is 11.5 Å². The minimum atomic E-state index is -4.59. The van der Waals surface area contributed by atoms with Crippen LogP contribution in [0.2, 0.25) is 5.15 Å². The molecular formula is C21H19ClF3N5O3. The summed E-state index contributed by atoms with van der Waals surface area (Å²) >= 11 is 5.94. The molecule has 12 heteroatoms. The quantitative estimate of drug-likeness (QED) is 0.506. The van der Waals surface area contributed by atoms with Crippen molar-refractivity contribution in [1.82, 2.24) is 14.8 Å². The lowest BCUT2D eigenvalue weighted by molar-refractivity contribution is -0.173. The highest BCUT2D eigenvalue weighted by molar-refractivity contribution is 6.32. The number of anilines is 2. The van der Waals surface area contributed by atoms with Gasteiger partial charge in [-0.3, -0.25) is 4.79 Å². The lowest BCUT2D eigenvalue weighted by Gasteiger charge is -2.33. The fraction of sp³-hybridized carbons (Fsp3) is 0.286. The first-order valence-electron chi connectivity index (χ1n) is 9.78. The van der Waals surface area contributed by atoms with Gasteiger partial charge in [-0.05, 0) is 29.8 Å². The minimum absolute atomic E-state index is 0.0506. The molecule has 2 N–H and O–H groups in total. The Morgan fingerprint density at radius 1 is 1.21 bits per heavy atom. The van der Waals surface area contributed by atoms with Gasteiger partial charge in [-0.1, -0.05) is 17.7 Å². The summed E-state index contributed by atoms with van der Waals surface area (Å²) in [6.07, 6.45) is -3.47. The Hall–Kier alpha value is -3.47. The Morgan fingerprint density at radius 3 is 2.64 bits per heavy atom. The zero-order valence-corrected chi connectivity index (χ0v) is 18.2. The Bertz CT molecular complexity index is 1180. The third kappa shape index (κ3) is 4.54. The van der Waals surface area contributed by atoms with Crippen molar-refractivity contribution in [3.63, 3.8) is 0 Å². The van der Waals surface area contributed by atoms with E-state index in [2.05, 4.69) is 20.7 Å². The fourth-order valence-corrected chi connectivity index (χ4v) is 3.80. The van der Waals surface area contributed by atoms with Crippen LogP contribution in [0.1, 0.15) is 34.6 Å². The second-order valence-electron chi connectivity index (χ2n) is 7.26. The Balaban J connectivity index is 1.66. The first-order chi connectivity index (χ1) is 15.7. The van der Waals surface area contributed by atoms with Gasteiger partial charge in [0.05, 0.1) is 25.9 Å². The van der Waals surface area contributed by atoms with Crippen LogP contribution in [0.15, 0.2) is 42.6 Å². The number of halogens is 4. The zero-order chi connectivity index (χ0) is 23.8. The average molecular weight is 482 g/mol. The average Bonchev–Trinajstić information content (AvgIpc) is 3.23. The topological polar surface area (TPSA) is 90.3 Å². The number of benzene rings is 1. The molecule has 0 aliphatic carbocycles. The Kier molecular flexibility index (Phi) is 6.07. The molecule has 174 valence electrons. The number of hydrogen-bond donors (Lipinski definition) is 2. The smallest absolute Gasteiger partial charge is 0.410 e. The molecule has 1 amide bonds. The summed E-state index contributed by atoms with van der Waals surface area (Å²) in [4.78, 5) is 16.5. The van der Waals surface area contributed by atoms with Crippen molar-refractivity contribution in [2.45, 2.75) is 24.7 Å². The van der Waals surface area contributed by atoms with Crippen molar-refractivity contribution >= 4 is 29.0 Å². The van der Waals surface area contributed by atoms with Crippen LogP contribution in [-0.4, -0.2) is 41.1 Å². The van der Waals surface area contributed by atoms with Crippen molar-refractivity contribution in [2.24, 2.45) is 0 Å². The van der Waals surface area contributed by atoms with Gasteiger partial charge in [0.1, 0.15) is 5.82 Å². The van der Waals surface area contributed by atoms with Crippen LogP contribution in [0, 0.1) is 0 Å². The summed E-state index contributed by atoms with van der Waals surface area (Å²) < 4.78 is 53.0. The summed E-state index contributed by atoms with van der Waals surface area (Å²) in [6.45, 7) is 0. The molecule has 3 aromatic rings. The number of hydrogen-bond acceptors (Lipinski definition) is 6. The summed E-state index contributed by atoms with van der Waals surface area (Å²) in [6, 6.07) is 6.62. The van der Waals surface area contributed by atoms with Crippen LogP contribution < -0.4 is 20.1 Å². The van der Waals surface area contributed by atoms with Gasteiger partial charge in [0, 0.05) is 18.7 Å². The van der Waals surface area contributed by atoms with E-state index in [1.807, 2.05) is 0 Å². The van der Waals surface area contributed by atoms with Gasteiger partial charge < -0.3 is 20.1 Å². The summed E-state index contributed by atoms with van der Waals surface area (Å²) in [5, 5.41) is 9.53. The monoisotopic (exact) mass is 481 g/mol. The van der Waals surface area contributed by atoms with E-state index in [-0.39, 0.29) is 28.8 Å². The second kappa shape index (κ2) is 8.81. The number of fused-ring (bicyclic) bond motifs is 1. The van der Waals surface area contributed by atoms with E-state index >= 15 is 0 Å². The molecule has 33 heavy (non-hydrogen) atoms. The molecule has 1 aliphatic rings. The van der Waals surface area contributed by atoms with Crippen LogP contribution in [0.4, 0.5) is 24.7 Å². The second-order valence-corrected chi connectivity index (χ2v) is 7.62. The SMILES string of the molecule is COc1ccc([C@@H]2C[C@H](C(F)(F)F)n3nc(C(=O)Nc4cccnc4Cl)cc3N2)cc1OC. The van der Waals surface area contributed by atoms with E-state index in [0.29, 0.717) is 17.1 Å². The molecule has 0 unspecified atom stereocenters. The molecule has 4 rings (SSSR count). The van der Waals surface area contributed by atoms with Crippen LogP contribution in [0.25, 0.3) is 0 Å². The van der Waals surface area contributed by atoms with E-state index in [1.54, 1.807) is 24.3 Å². The third-order valence-corrected chi connectivity index (χ3v) is 5.54. The van der Waals surface area contributed by atoms with Gasteiger partial charge in [-0.2, -0.15) is 18.3 Å². The van der Waals surface area contributed by atoms with E-state index in [4.69, 9.17) is 21.1 Å². The Morgan fingerprint density at radius 2 is 1.97 bits per heavy atom. The molecule has 0 saturated heterocycles. The first-order valence-corrected chi connectivity index (χ1v) is 10.2. The lowest BCUT2D eigenvalue weighted by Crippen LogP contribution is -2.35. The van der Waals surface area contributed by atoms with Crippen molar-refractivity contribution < 1.29 is 27.4 Å². The van der Waals surface area contributed by atoms with E-state index in [9.17, 15) is 18.0 Å². The molecule has 0 bridgehead atoms. The van der Waals surface area contributed by atoms with Gasteiger partial charge in [0.25, 0.3) is 5.91 Å². The number of methoxy groups -OCH3 is 2. The van der Waals surface area contributed by atoms with Crippen LogP contribution in [0.5, 0.6) is 11.5 Å². The molecule has 1 aliphatic heterocycles.